The lowest BCUT2D eigenvalue weighted by atomic mass is 9.94. The molecule has 2 atom stereocenters. The molecule has 0 N–H and O–H groups in total. The second kappa shape index (κ2) is 8.61. The predicted molar refractivity (Wildman–Crippen MR) is 106 cm³/mol. The standard InChI is InChI=1S/C20H27BrN2O4/c1-13-11-23(12-14(2)27-13)19(24)15-6-8-22(9-7-15)20(25)17-10-16(26-3)4-5-18(17)21/h4-5,10,13-15H,6-9,11-12H2,1-3H3. The van der Waals surface area contributed by atoms with Crippen LogP contribution >= 0.6 is 15.9 Å². The Bertz CT molecular complexity index is 693. The normalized spacial score (nSPS) is 24.0. The lowest BCUT2D eigenvalue weighted by molar-refractivity contribution is -0.148. The number of amides is 2. The summed E-state index contributed by atoms with van der Waals surface area (Å²) in [5.41, 5.74) is 0.593. The Labute approximate surface area is 168 Å². The van der Waals surface area contributed by atoms with Crippen LogP contribution in [-0.2, 0) is 9.53 Å². The van der Waals surface area contributed by atoms with Crippen LogP contribution in [0.1, 0.15) is 37.0 Å². The van der Waals surface area contributed by atoms with E-state index in [1.165, 1.54) is 0 Å². The van der Waals surface area contributed by atoms with Crippen molar-refractivity contribution in [3.8, 4) is 5.75 Å². The summed E-state index contributed by atoms with van der Waals surface area (Å²) in [6.07, 6.45) is 1.55. The van der Waals surface area contributed by atoms with Crippen LogP contribution in [0.15, 0.2) is 22.7 Å². The Balaban J connectivity index is 1.60. The van der Waals surface area contributed by atoms with Gasteiger partial charge in [-0.25, -0.2) is 0 Å². The number of morpholine rings is 1. The molecule has 27 heavy (non-hydrogen) atoms. The molecule has 2 unspecified atom stereocenters. The maximum absolute atomic E-state index is 12.9. The van der Waals surface area contributed by atoms with Crippen molar-refractivity contribution < 1.29 is 19.1 Å². The quantitative estimate of drug-likeness (QED) is 0.727. The maximum Gasteiger partial charge on any atom is 0.255 e. The molecule has 2 aliphatic rings. The number of rotatable bonds is 3. The Morgan fingerprint density at radius 3 is 2.33 bits per heavy atom. The summed E-state index contributed by atoms with van der Waals surface area (Å²) in [5.74, 6) is 0.814. The van der Waals surface area contributed by atoms with Gasteiger partial charge in [0.05, 0.1) is 24.9 Å². The van der Waals surface area contributed by atoms with Crippen molar-refractivity contribution >= 4 is 27.7 Å². The van der Waals surface area contributed by atoms with Crippen LogP contribution in [0.4, 0.5) is 0 Å². The van der Waals surface area contributed by atoms with Crippen LogP contribution < -0.4 is 4.74 Å². The van der Waals surface area contributed by atoms with Crippen LogP contribution in [0.3, 0.4) is 0 Å². The van der Waals surface area contributed by atoms with Gasteiger partial charge in [0.25, 0.3) is 5.91 Å². The molecule has 1 aromatic rings. The molecular weight excluding hydrogens is 412 g/mol. The molecule has 2 heterocycles. The molecule has 148 valence electrons. The van der Waals surface area contributed by atoms with Crippen molar-refractivity contribution in [2.45, 2.75) is 38.9 Å². The number of ether oxygens (including phenoxy) is 2. The number of benzene rings is 1. The van der Waals surface area contributed by atoms with E-state index >= 15 is 0 Å². The van der Waals surface area contributed by atoms with Crippen molar-refractivity contribution in [2.24, 2.45) is 5.92 Å². The molecule has 2 fully saturated rings. The summed E-state index contributed by atoms with van der Waals surface area (Å²) in [7, 11) is 1.59. The lowest BCUT2D eigenvalue weighted by Gasteiger charge is -2.39. The largest absolute Gasteiger partial charge is 0.497 e. The van der Waals surface area contributed by atoms with Gasteiger partial charge < -0.3 is 19.3 Å². The van der Waals surface area contributed by atoms with Gasteiger partial charge in [-0.15, -0.1) is 0 Å². The zero-order valence-corrected chi connectivity index (χ0v) is 17.7. The average Bonchev–Trinajstić information content (AvgIpc) is 2.66. The lowest BCUT2D eigenvalue weighted by Crippen LogP contribution is -2.51. The Morgan fingerprint density at radius 1 is 1.11 bits per heavy atom. The van der Waals surface area contributed by atoms with Gasteiger partial charge in [-0.3, -0.25) is 9.59 Å². The minimum absolute atomic E-state index is 0.0136. The summed E-state index contributed by atoms with van der Waals surface area (Å²) < 4.78 is 11.7. The molecule has 0 radical (unpaired) electrons. The van der Waals surface area contributed by atoms with E-state index in [1.54, 1.807) is 13.2 Å². The van der Waals surface area contributed by atoms with Crippen LogP contribution in [0.2, 0.25) is 0 Å². The van der Waals surface area contributed by atoms with E-state index in [0.29, 0.717) is 50.3 Å². The van der Waals surface area contributed by atoms with E-state index in [1.807, 2.05) is 35.8 Å². The predicted octanol–water partition coefficient (Wildman–Crippen LogP) is 2.95. The third-order valence-electron chi connectivity index (χ3n) is 5.27. The van der Waals surface area contributed by atoms with Gasteiger partial charge in [-0.2, -0.15) is 0 Å². The molecule has 3 rings (SSSR count). The number of piperidine rings is 1. The third-order valence-corrected chi connectivity index (χ3v) is 5.96. The monoisotopic (exact) mass is 438 g/mol. The molecule has 2 amide bonds. The SMILES string of the molecule is COc1ccc(Br)c(C(=O)N2CCC(C(=O)N3CC(C)OC(C)C3)CC2)c1. The number of hydrogen-bond donors (Lipinski definition) is 0. The molecule has 2 saturated heterocycles. The fraction of sp³-hybridized carbons (Fsp3) is 0.600. The second-order valence-electron chi connectivity index (χ2n) is 7.41. The van der Waals surface area contributed by atoms with E-state index in [0.717, 1.165) is 4.47 Å². The van der Waals surface area contributed by atoms with Gasteiger partial charge in [0, 0.05) is 36.6 Å². The van der Waals surface area contributed by atoms with Crippen molar-refractivity contribution in [3.63, 3.8) is 0 Å². The highest BCUT2D eigenvalue weighted by molar-refractivity contribution is 9.10. The molecule has 1 aromatic carbocycles. The molecule has 0 aromatic heterocycles. The number of likely N-dealkylation sites (tertiary alicyclic amines) is 1. The molecule has 0 bridgehead atoms. The van der Waals surface area contributed by atoms with Gasteiger partial charge in [-0.1, -0.05) is 0 Å². The van der Waals surface area contributed by atoms with E-state index in [2.05, 4.69) is 15.9 Å². The van der Waals surface area contributed by atoms with Crippen molar-refractivity contribution in [2.75, 3.05) is 33.3 Å². The van der Waals surface area contributed by atoms with Crippen LogP contribution in [0.5, 0.6) is 5.75 Å². The van der Waals surface area contributed by atoms with Crippen molar-refractivity contribution in [3.05, 3.63) is 28.2 Å². The summed E-state index contributed by atoms with van der Waals surface area (Å²) in [5, 5.41) is 0. The first-order chi connectivity index (χ1) is 12.9. The molecule has 0 aliphatic carbocycles. The second-order valence-corrected chi connectivity index (χ2v) is 8.27. The van der Waals surface area contributed by atoms with Crippen molar-refractivity contribution in [1.29, 1.82) is 0 Å². The van der Waals surface area contributed by atoms with Gasteiger partial charge in [0.1, 0.15) is 5.75 Å². The number of hydrogen-bond acceptors (Lipinski definition) is 4. The first-order valence-corrected chi connectivity index (χ1v) is 10.3. The van der Waals surface area contributed by atoms with Crippen molar-refractivity contribution in [1.82, 2.24) is 9.80 Å². The molecule has 0 saturated carbocycles. The minimum Gasteiger partial charge on any atom is -0.497 e. The smallest absolute Gasteiger partial charge is 0.255 e. The first kappa shape index (κ1) is 20.1. The van der Waals surface area contributed by atoms with Gasteiger partial charge in [0.2, 0.25) is 5.91 Å². The zero-order chi connectivity index (χ0) is 19.6. The topological polar surface area (TPSA) is 59.1 Å². The van der Waals surface area contributed by atoms with E-state index < -0.39 is 0 Å². The van der Waals surface area contributed by atoms with Crippen LogP contribution in [0.25, 0.3) is 0 Å². The van der Waals surface area contributed by atoms with Gasteiger partial charge in [0.15, 0.2) is 0 Å². The molecule has 0 spiro atoms. The van der Waals surface area contributed by atoms with Crippen LogP contribution in [0, 0.1) is 5.92 Å². The molecular formula is C20H27BrN2O4. The Morgan fingerprint density at radius 2 is 1.74 bits per heavy atom. The number of carbonyl (C=O) groups excluding carboxylic acids is 2. The van der Waals surface area contributed by atoms with E-state index in [-0.39, 0.29) is 29.9 Å². The fourth-order valence-corrected chi connectivity index (χ4v) is 4.33. The summed E-state index contributed by atoms with van der Waals surface area (Å²) in [4.78, 5) is 29.5. The molecule has 2 aliphatic heterocycles. The third kappa shape index (κ3) is 4.63. The highest BCUT2D eigenvalue weighted by atomic mass is 79.9. The van der Waals surface area contributed by atoms with Crippen LogP contribution in [-0.4, -0.2) is 67.1 Å². The number of carbonyl (C=O) groups is 2. The highest BCUT2D eigenvalue weighted by Crippen LogP contribution is 2.27. The Kier molecular flexibility index (Phi) is 6.42. The molecule has 6 nitrogen and oxygen atoms in total. The van der Waals surface area contributed by atoms with Gasteiger partial charge in [-0.05, 0) is 60.8 Å². The average molecular weight is 439 g/mol. The zero-order valence-electron chi connectivity index (χ0n) is 16.1. The van der Waals surface area contributed by atoms with Gasteiger partial charge >= 0.3 is 0 Å². The van der Waals surface area contributed by atoms with E-state index in [9.17, 15) is 9.59 Å². The Hall–Kier alpha value is -1.60. The summed E-state index contributed by atoms with van der Waals surface area (Å²) in [6.45, 7) is 6.49. The minimum atomic E-state index is -0.0275. The summed E-state index contributed by atoms with van der Waals surface area (Å²) >= 11 is 3.45. The number of nitrogens with zero attached hydrogens (tertiary/aromatic N) is 2. The number of halogens is 1. The molecule has 7 heteroatoms. The van der Waals surface area contributed by atoms with E-state index in [4.69, 9.17) is 9.47 Å². The summed E-state index contributed by atoms with van der Waals surface area (Å²) in [6, 6.07) is 5.39. The maximum atomic E-state index is 12.9. The highest BCUT2D eigenvalue weighted by Gasteiger charge is 2.34. The number of methoxy groups -OCH3 is 1. The fourth-order valence-electron chi connectivity index (χ4n) is 3.91. The first-order valence-electron chi connectivity index (χ1n) is 9.46.